The van der Waals surface area contributed by atoms with Crippen molar-refractivity contribution in [3.8, 4) is 11.1 Å². The average molecular weight is 404 g/mol. The van der Waals surface area contributed by atoms with Crippen molar-refractivity contribution in [1.82, 2.24) is 4.90 Å². The highest BCUT2D eigenvalue weighted by Crippen LogP contribution is 2.28. The Morgan fingerprint density at radius 2 is 1.66 bits per heavy atom. The Balaban J connectivity index is 1.49. The first-order valence-electron chi connectivity index (χ1n) is 10.3. The van der Waals surface area contributed by atoms with Crippen LogP contribution in [0.4, 0.5) is 18.9 Å². The molecule has 0 aromatic heterocycles. The topological polar surface area (TPSA) is 32.3 Å². The average Bonchev–Trinajstić information content (AvgIpc) is 2.97. The fraction of sp³-hybridized carbons (Fsp3) is 0.435. The van der Waals surface area contributed by atoms with Gasteiger partial charge >= 0.3 is 0 Å². The number of hydrogen-bond acceptors (Lipinski definition) is 2. The second-order valence-corrected chi connectivity index (χ2v) is 7.56. The van der Waals surface area contributed by atoms with Crippen molar-refractivity contribution in [2.75, 3.05) is 25.0 Å². The van der Waals surface area contributed by atoms with E-state index in [0.29, 0.717) is 12.1 Å². The summed E-state index contributed by atoms with van der Waals surface area (Å²) in [6.07, 6.45) is 7.22. The van der Waals surface area contributed by atoms with E-state index in [0.717, 1.165) is 44.6 Å². The lowest BCUT2D eigenvalue weighted by atomic mass is 10.0. The number of carbonyl (C=O) groups excluding carboxylic acids is 1. The van der Waals surface area contributed by atoms with Crippen LogP contribution in [0, 0.1) is 17.5 Å². The Labute approximate surface area is 169 Å². The maximum atomic E-state index is 14.4. The van der Waals surface area contributed by atoms with Crippen molar-refractivity contribution >= 4 is 11.6 Å². The molecule has 3 nitrogen and oxygen atoms in total. The van der Waals surface area contributed by atoms with Crippen molar-refractivity contribution in [1.29, 1.82) is 0 Å². The van der Waals surface area contributed by atoms with Crippen LogP contribution in [0.15, 0.2) is 36.4 Å². The molecule has 1 aliphatic rings. The minimum atomic E-state index is -1.09. The molecule has 6 heteroatoms. The number of rotatable bonds is 7. The van der Waals surface area contributed by atoms with E-state index in [1.54, 1.807) is 0 Å². The monoisotopic (exact) mass is 404 g/mol. The quantitative estimate of drug-likeness (QED) is 0.596. The van der Waals surface area contributed by atoms with Crippen LogP contribution in [0.2, 0.25) is 0 Å². The van der Waals surface area contributed by atoms with Gasteiger partial charge in [0, 0.05) is 23.2 Å². The highest BCUT2D eigenvalue weighted by Gasteiger charge is 2.14. The fourth-order valence-corrected chi connectivity index (χ4v) is 3.73. The summed E-state index contributed by atoms with van der Waals surface area (Å²) < 4.78 is 41.7. The molecule has 29 heavy (non-hydrogen) atoms. The van der Waals surface area contributed by atoms with Gasteiger partial charge in [0.1, 0.15) is 5.82 Å². The Morgan fingerprint density at radius 3 is 2.38 bits per heavy atom. The Morgan fingerprint density at radius 1 is 0.897 bits per heavy atom. The first-order chi connectivity index (χ1) is 14.0. The van der Waals surface area contributed by atoms with Gasteiger partial charge in [0.15, 0.2) is 11.6 Å². The smallest absolute Gasteiger partial charge is 0.224 e. The minimum absolute atomic E-state index is 0.0440. The summed E-state index contributed by atoms with van der Waals surface area (Å²) in [5.41, 5.74) is 0.118. The molecule has 1 heterocycles. The van der Waals surface area contributed by atoms with Crippen LogP contribution in [0.3, 0.4) is 0 Å². The van der Waals surface area contributed by atoms with Gasteiger partial charge in [-0.25, -0.2) is 13.2 Å². The molecule has 1 amide bonds. The van der Waals surface area contributed by atoms with Gasteiger partial charge in [0.25, 0.3) is 0 Å². The summed E-state index contributed by atoms with van der Waals surface area (Å²) in [5, 5.41) is 2.68. The molecule has 3 rings (SSSR count). The van der Waals surface area contributed by atoms with Crippen LogP contribution in [0.25, 0.3) is 11.1 Å². The third-order valence-corrected chi connectivity index (χ3v) is 5.32. The molecular weight excluding hydrogens is 377 g/mol. The Kier molecular flexibility index (Phi) is 7.69. The summed E-state index contributed by atoms with van der Waals surface area (Å²) in [5.74, 6) is -3.01. The predicted octanol–water partition coefficient (Wildman–Crippen LogP) is 5.76. The molecule has 0 spiro atoms. The van der Waals surface area contributed by atoms with Crippen LogP contribution in [-0.4, -0.2) is 30.4 Å². The molecule has 2 aromatic rings. The van der Waals surface area contributed by atoms with E-state index in [1.807, 2.05) is 0 Å². The normalized spacial score (nSPS) is 15.1. The lowest BCUT2D eigenvalue weighted by Gasteiger charge is -2.19. The van der Waals surface area contributed by atoms with Crippen LogP contribution in [-0.2, 0) is 4.79 Å². The summed E-state index contributed by atoms with van der Waals surface area (Å²) in [4.78, 5) is 14.6. The number of amides is 1. The molecule has 0 aliphatic carbocycles. The number of likely N-dealkylation sites (tertiary alicyclic amines) is 1. The zero-order chi connectivity index (χ0) is 20.6. The summed E-state index contributed by atoms with van der Waals surface area (Å²) >= 11 is 0. The van der Waals surface area contributed by atoms with E-state index in [4.69, 9.17) is 0 Å². The van der Waals surface area contributed by atoms with E-state index in [2.05, 4.69) is 10.2 Å². The van der Waals surface area contributed by atoms with Gasteiger partial charge in [-0.15, -0.1) is 0 Å². The number of carbonyl (C=O) groups is 1. The highest BCUT2D eigenvalue weighted by molar-refractivity contribution is 5.91. The van der Waals surface area contributed by atoms with Gasteiger partial charge < -0.3 is 10.2 Å². The predicted molar refractivity (Wildman–Crippen MR) is 109 cm³/mol. The van der Waals surface area contributed by atoms with E-state index in [-0.39, 0.29) is 17.0 Å². The maximum Gasteiger partial charge on any atom is 0.224 e. The highest BCUT2D eigenvalue weighted by atomic mass is 19.2. The number of nitrogens with zero attached hydrogens (tertiary/aromatic N) is 1. The van der Waals surface area contributed by atoms with E-state index < -0.39 is 17.5 Å². The first-order valence-corrected chi connectivity index (χ1v) is 10.3. The van der Waals surface area contributed by atoms with Crippen LogP contribution in [0.1, 0.15) is 44.9 Å². The SMILES string of the molecule is O=C(CCCCN1CCCCCC1)Nc1ccc(-c2cccc(F)c2F)c(F)c1. The third kappa shape index (κ3) is 6.07. The number of unbranched alkanes of at least 4 members (excludes halogenated alkanes) is 1. The number of benzene rings is 2. The third-order valence-electron chi connectivity index (χ3n) is 5.32. The molecule has 1 fully saturated rings. The second kappa shape index (κ2) is 10.4. The maximum absolute atomic E-state index is 14.4. The van der Waals surface area contributed by atoms with Gasteiger partial charge in [-0.2, -0.15) is 0 Å². The van der Waals surface area contributed by atoms with Crippen molar-refractivity contribution in [2.45, 2.75) is 44.9 Å². The molecule has 2 aromatic carbocycles. The summed E-state index contributed by atoms with van der Waals surface area (Å²) in [6.45, 7) is 3.29. The van der Waals surface area contributed by atoms with E-state index in [1.165, 1.54) is 49.9 Å². The molecular formula is C23H27F3N2O. The van der Waals surface area contributed by atoms with Crippen molar-refractivity contribution < 1.29 is 18.0 Å². The van der Waals surface area contributed by atoms with E-state index in [9.17, 15) is 18.0 Å². The van der Waals surface area contributed by atoms with E-state index >= 15 is 0 Å². The van der Waals surface area contributed by atoms with Crippen LogP contribution >= 0.6 is 0 Å². The lowest BCUT2D eigenvalue weighted by molar-refractivity contribution is -0.116. The fourth-order valence-electron chi connectivity index (χ4n) is 3.73. The van der Waals surface area contributed by atoms with Crippen LogP contribution in [0.5, 0.6) is 0 Å². The van der Waals surface area contributed by atoms with Crippen molar-refractivity contribution in [3.05, 3.63) is 53.8 Å². The lowest BCUT2D eigenvalue weighted by Crippen LogP contribution is -2.25. The van der Waals surface area contributed by atoms with Gasteiger partial charge in [-0.3, -0.25) is 4.79 Å². The molecule has 0 radical (unpaired) electrons. The van der Waals surface area contributed by atoms with Gasteiger partial charge in [-0.05, 0) is 69.6 Å². The standard InChI is InChI=1S/C23H27F3N2O/c24-20-9-7-8-19(23(20)26)18-12-11-17(16-21(18)25)27-22(29)10-3-6-15-28-13-4-1-2-5-14-28/h7-9,11-12,16H,1-6,10,13-15H2,(H,27,29). The number of anilines is 1. The number of hydrogen-bond donors (Lipinski definition) is 1. The molecule has 0 saturated carbocycles. The zero-order valence-electron chi connectivity index (χ0n) is 16.5. The Hall–Kier alpha value is -2.34. The number of halogens is 3. The first kappa shape index (κ1) is 21.4. The second-order valence-electron chi connectivity index (χ2n) is 7.56. The Bertz CT molecular complexity index is 833. The molecule has 0 unspecified atom stereocenters. The molecule has 0 bridgehead atoms. The molecule has 1 aliphatic heterocycles. The molecule has 156 valence electrons. The van der Waals surface area contributed by atoms with Gasteiger partial charge in [-0.1, -0.05) is 25.0 Å². The van der Waals surface area contributed by atoms with Crippen LogP contribution < -0.4 is 5.32 Å². The van der Waals surface area contributed by atoms with Gasteiger partial charge in [0.05, 0.1) is 0 Å². The summed E-state index contributed by atoms with van der Waals surface area (Å²) in [6, 6.07) is 7.61. The zero-order valence-corrected chi connectivity index (χ0v) is 16.5. The van der Waals surface area contributed by atoms with Crippen molar-refractivity contribution in [3.63, 3.8) is 0 Å². The largest absolute Gasteiger partial charge is 0.326 e. The molecule has 1 saturated heterocycles. The van der Waals surface area contributed by atoms with Gasteiger partial charge in [0.2, 0.25) is 5.91 Å². The number of nitrogens with one attached hydrogen (secondary N) is 1. The van der Waals surface area contributed by atoms with Crippen molar-refractivity contribution in [2.24, 2.45) is 0 Å². The summed E-state index contributed by atoms with van der Waals surface area (Å²) in [7, 11) is 0. The molecule has 1 N–H and O–H groups in total. The minimum Gasteiger partial charge on any atom is -0.326 e. The molecule has 0 atom stereocenters.